The molecule has 0 aliphatic heterocycles. The van der Waals surface area contributed by atoms with Gasteiger partial charge < -0.3 is 15.4 Å². The van der Waals surface area contributed by atoms with Crippen molar-refractivity contribution in [1.82, 2.24) is 15.6 Å². The number of nitrogens with one attached hydrogen (secondary N) is 2. The van der Waals surface area contributed by atoms with Crippen molar-refractivity contribution in [2.45, 2.75) is 33.4 Å². The smallest absolute Gasteiger partial charge is 0.191 e. The van der Waals surface area contributed by atoms with Crippen molar-refractivity contribution in [2.24, 2.45) is 4.99 Å². The normalized spacial score (nSPS) is 12.3. The minimum atomic E-state index is -0.00548. The van der Waals surface area contributed by atoms with E-state index in [2.05, 4.69) is 27.5 Å². The topological polar surface area (TPSA) is 58.5 Å². The lowest BCUT2D eigenvalue weighted by atomic mass is 10.3. The molecule has 1 atom stereocenters. The molecule has 0 spiro atoms. The van der Waals surface area contributed by atoms with E-state index in [1.165, 1.54) is 4.88 Å². The van der Waals surface area contributed by atoms with Crippen molar-refractivity contribution in [3.63, 3.8) is 0 Å². The van der Waals surface area contributed by atoms with Crippen molar-refractivity contribution in [3.05, 3.63) is 44.9 Å². The van der Waals surface area contributed by atoms with E-state index in [9.17, 15) is 0 Å². The Morgan fingerprint density at radius 2 is 1.96 bits per heavy atom. The highest BCUT2D eigenvalue weighted by atomic mass is 127. The van der Waals surface area contributed by atoms with Gasteiger partial charge in [0, 0.05) is 16.9 Å². The monoisotopic (exact) mass is 494 g/mol. The number of hydrogen-bond donors (Lipinski definition) is 2. The second kappa shape index (κ2) is 10.8. The second-order valence-corrected chi connectivity index (χ2v) is 7.16. The summed E-state index contributed by atoms with van der Waals surface area (Å²) in [6.07, 6.45) is -0.00548. The maximum absolute atomic E-state index is 5.87. The van der Waals surface area contributed by atoms with Gasteiger partial charge in [-0.15, -0.1) is 35.3 Å². The molecule has 0 saturated heterocycles. The van der Waals surface area contributed by atoms with E-state index in [0.717, 1.165) is 22.4 Å². The van der Waals surface area contributed by atoms with Crippen LogP contribution >= 0.6 is 46.9 Å². The number of nitrogens with zero attached hydrogens (tertiary/aromatic N) is 2. The van der Waals surface area contributed by atoms with Gasteiger partial charge in [0.25, 0.3) is 0 Å². The number of benzene rings is 1. The van der Waals surface area contributed by atoms with E-state index in [1.807, 2.05) is 38.1 Å². The van der Waals surface area contributed by atoms with Gasteiger partial charge in [0.15, 0.2) is 5.96 Å². The SMILES string of the molecule is CN=C(NCc1nc(C)c(C)s1)NCC(C)Oc1ccc(Cl)cc1.I. The van der Waals surface area contributed by atoms with Crippen LogP contribution in [0.1, 0.15) is 22.5 Å². The minimum absolute atomic E-state index is 0. The maximum atomic E-state index is 5.87. The Balaban J connectivity index is 0.00000312. The van der Waals surface area contributed by atoms with Crippen molar-refractivity contribution in [1.29, 1.82) is 0 Å². The molecule has 1 heterocycles. The lowest BCUT2D eigenvalue weighted by molar-refractivity contribution is 0.224. The molecule has 25 heavy (non-hydrogen) atoms. The third kappa shape index (κ3) is 7.37. The first-order valence-corrected chi connectivity index (χ1v) is 8.97. The fourth-order valence-corrected chi connectivity index (χ4v) is 3.02. The largest absolute Gasteiger partial charge is 0.489 e. The first-order chi connectivity index (χ1) is 11.5. The fraction of sp³-hybridized carbons (Fsp3) is 0.412. The average molecular weight is 495 g/mol. The van der Waals surface area contributed by atoms with Crippen LogP contribution in [0.2, 0.25) is 5.02 Å². The number of ether oxygens (including phenoxy) is 1. The van der Waals surface area contributed by atoms with E-state index in [-0.39, 0.29) is 30.1 Å². The van der Waals surface area contributed by atoms with Gasteiger partial charge in [0.2, 0.25) is 0 Å². The molecule has 0 fully saturated rings. The van der Waals surface area contributed by atoms with Gasteiger partial charge in [0.05, 0.1) is 18.8 Å². The summed E-state index contributed by atoms with van der Waals surface area (Å²) in [5, 5.41) is 8.28. The number of aromatic nitrogens is 1. The Bertz CT molecular complexity index is 671. The van der Waals surface area contributed by atoms with Crippen LogP contribution in [0.5, 0.6) is 5.75 Å². The number of thiazole rings is 1. The zero-order chi connectivity index (χ0) is 17.5. The van der Waals surface area contributed by atoms with Crippen LogP contribution in [0, 0.1) is 13.8 Å². The number of guanidine groups is 1. The molecule has 1 aromatic heterocycles. The molecule has 0 radical (unpaired) electrons. The first-order valence-electron chi connectivity index (χ1n) is 7.77. The molecule has 138 valence electrons. The quantitative estimate of drug-likeness (QED) is 0.360. The summed E-state index contributed by atoms with van der Waals surface area (Å²) in [7, 11) is 1.75. The molecule has 5 nitrogen and oxygen atoms in total. The van der Waals surface area contributed by atoms with E-state index in [0.29, 0.717) is 18.1 Å². The van der Waals surface area contributed by atoms with Gasteiger partial charge in [-0.1, -0.05) is 11.6 Å². The number of hydrogen-bond acceptors (Lipinski definition) is 4. The third-order valence-corrected chi connectivity index (χ3v) is 4.74. The highest BCUT2D eigenvalue weighted by Crippen LogP contribution is 2.17. The van der Waals surface area contributed by atoms with Gasteiger partial charge in [-0.2, -0.15) is 0 Å². The minimum Gasteiger partial charge on any atom is -0.489 e. The lowest BCUT2D eigenvalue weighted by Crippen LogP contribution is -2.41. The Morgan fingerprint density at radius 3 is 2.52 bits per heavy atom. The highest BCUT2D eigenvalue weighted by molar-refractivity contribution is 14.0. The fourth-order valence-electron chi connectivity index (χ4n) is 2.02. The van der Waals surface area contributed by atoms with Crippen LogP contribution in [-0.2, 0) is 6.54 Å². The van der Waals surface area contributed by atoms with Gasteiger partial charge in [0.1, 0.15) is 16.9 Å². The standard InChI is InChI=1S/C17H23ClN4OS.HI/c1-11(23-15-7-5-14(18)6-8-15)9-20-17(19-4)21-10-16-22-12(2)13(3)24-16;/h5-8,11H,9-10H2,1-4H3,(H2,19,20,21);1H. The molecule has 1 unspecified atom stereocenters. The number of rotatable bonds is 6. The summed E-state index contributed by atoms with van der Waals surface area (Å²) >= 11 is 7.57. The molecule has 0 bridgehead atoms. The van der Waals surface area contributed by atoms with Gasteiger partial charge in [-0.25, -0.2) is 4.98 Å². The van der Waals surface area contributed by atoms with E-state index in [1.54, 1.807) is 18.4 Å². The van der Waals surface area contributed by atoms with E-state index in [4.69, 9.17) is 16.3 Å². The molecule has 2 aromatic rings. The molecule has 0 saturated carbocycles. The molecule has 0 amide bonds. The number of halogens is 2. The lowest BCUT2D eigenvalue weighted by Gasteiger charge is -2.17. The van der Waals surface area contributed by atoms with E-state index >= 15 is 0 Å². The van der Waals surface area contributed by atoms with Crippen molar-refractivity contribution in [2.75, 3.05) is 13.6 Å². The Kier molecular flexibility index (Phi) is 9.52. The zero-order valence-corrected chi connectivity index (χ0v) is 18.7. The van der Waals surface area contributed by atoms with Crippen LogP contribution < -0.4 is 15.4 Å². The van der Waals surface area contributed by atoms with Gasteiger partial charge in [-0.05, 0) is 45.0 Å². The molecular weight excluding hydrogens is 471 g/mol. The second-order valence-electron chi connectivity index (χ2n) is 5.44. The summed E-state index contributed by atoms with van der Waals surface area (Å²) in [4.78, 5) is 9.98. The van der Waals surface area contributed by atoms with Crippen LogP contribution in [0.25, 0.3) is 0 Å². The van der Waals surface area contributed by atoms with Gasteiger partial charge >= 0.3 is 0 Å². The molecule has 0 aliphatic carbocycles. The Hall–Kier alpha value is -1.06. The molecule has 2 rings (SSSR count). The van der Waals surface area contributed by atoms with Crippen LogP contribution in [-0.4, -0.2) is 30.6 Å². The van der Waals surface area contributed by atoms with E-state index < -0.39 is 0 Å². The molecular formula is C17H24ClIN4OS. The predicted octanol–water partition coefficient (Wildman–Crippen LogP) is 4.16. The molecule has 2 N–H and O–H groups in total. The predicted molar refractivity (Wildman–Crippen MR) is 117 cm³/mol. The Labute approximate surface area is 175 Å². The summed E-state index contributed by atoms with van der Waals surface area (Å²) in [5.74, 6) is 1.53. The first kappa shape index (κ1) is 22.0. The van der Waals surface area contributed by atoms with Crippen LogP contribution in [0.15, 0.2) is 29.3 Å². The van der Waals surface area contributed by atoms with Crippen molar-refractivity contribution in [3.8, 4) is 5.75 Å². The third-order valence-electron chi connectivity index (χ3n) is 3.41. The molecule has 0 aliphatic rings. The average Bonchev–Trinajstić information content (AvgIpc) is 2.88. The molecule has 8 heteroatoms. The summed E-state index contributed by atoms with van der Waals surface area (Å²) < 4.78 is 5.83. The Morgan fingerprint density at radius 1 is 1.28 bits per heavy atom. The van der Waals surface area contributed by atoms with Crippen molar-refractivity contribution < 1.29 is 4.74 Å². The highest BCUT2D eigenvalue weighted by Gasteiger charge is 2.07. The number of aryl methyl sites for hydroxylation is 2. The zero-order valence-electron chi connectivity index (χ0n) is 14.8. The number of aliphatic imine (C=N–C) groups is 1. The summed E-state index contributed by atoms with van der Waals surface area (Å²) in [6, 6.07) is 7.35. The van der Waals surface area contributed by atoms with Gasteiger partial charge in [-0.3, -0.25) is 4.99 Å². The summed E-state index contributed by atoms with van der Waals surface area (Å²) in [6.45, 7) is 7.41. The summed E-state index contributed by atoms with van der Waals surface area (Å²) in [5.41, 5.74) is 1.09. The molecule has 1 aromatic carbocycles. The van der Waals surface area contributed by atoms with Crippen LogP contribution in [0.3, 0.4) is 0 Å². The maximum Gasteiger partial charge on any atom is 0.191 e. The van der Waals surface area contributed by atoms with Crippen molar-refractivity contribution >= 4 is 52.9 Å². The van der Waals surface area contributed by atoms with Crippen LogP contribution in [0.4, 0.5) is 0 Å².